The first-order chi connectivity index (χ1) is 8.85. The van der Waals surface area contributed by atoms with Crippen LogP contribution in [0.2, 0.25) is 0 Å². The fourth-order valence-corrected chi connectivity index (χ4v) is 2.63. The SMILES string of the molecule is CCc1cc(C(=O)NC(CC(N)=O)C(=O)O)sc1C. The van der Waals surface area contributed by atoms with Gasteiger partial charge in [-0.15, -0.1) is 11.3 Å². The molecule has 0 aliphatic heterocycles. The van der Waals surface area contributed by atoms with E-state index in [-0.39, 0.29) is 0 Å². The van der Waals surface area contributed by atoms with Gasteiger partial charge in [0.25, 0.3) is 5.91 Å². The van der Waals surface area contributed by atoms with E-state index in [0.29, 0.717) is 4.88 Å². The van der Waals surface area contributed by atoms with Crippen molar-refractivity contribution in [3.63, 3.8) is 0 Å². The van der Waals surface area contributed by atoms with Gasteiger partial charge in [0.1, 0.15) is 6.04 Å². The second kappa shape index (κ2) is 6.33. The summed E-state index contributed by atoms with van der Waals surface area (Å²) in [7, 11) is 0. The lowest BCUT2D eigenvalue weighted by Gasteiger charge is -2.11. The zero-order chi connectivity index (χ0) is 14.6. The van der Waals surface area contributed by atoms with Gasteiger partial charge < -0.3 is 16.2 Å². The number of hydrogen-bond donors (Lipinski definition) is 3. The van der Waals surface area contributed by atoms with Crippen LogP contribution in [0.25, 0.3) is 0 Å². The molecule has 0 spiro atoms. The second-order valence-corrected chi connectivity index (χ2v) is 5.34. The fourth-order valence-electron chi connectivity index (χ4n) is 1.61. The molecule has 0 bridgehead atoms. The van der Waals surface area contributed by atoms with Crippen LogP contribution in [0.3, 0.4) is 0 Å². The van der Waals surface area contributed by atoms with Crippen LogP contribution < -0.4 is 11.1 Å². The maximum absolute atomic E-state index is 11.9. The number of nitrogens with one attached hydrogen (secondary N) is 1. The molecule has 1 rings (SSSR count). The number of amides is 2. The first-order valence-corrected chi connectivity index (χ1v) is 6.58. The van der Waals surface area contributed by atoms with Gasteiger partial charge in [-0.2, -0.15) is 0 Å². The van der Waals surface area contributed by atoms with Gasteiger partial charge in [0.15, 0.2) is 0 Å². The molecule has 4 N–H and O–H groups in total. The van der Waals surface area contributed by atoms with Gasteiger partial charge in [-0.3, -0.25) is 9.59 Å². The molecular weight excluding hydrogens is 268 g/mol. The van der Waals surface area contributed by atoms with E-state index in [4.69, 9.17) is 10.8 Å². The molecule has 1 aromatic rings. The summed E-state index contributed by atoms with van der Waals surface area (Å²) in [5.41, 5.74) is 6.00. The minimum absolute atomic E-state index is 0.425. The van der Waals surface area contributed by atoms with Gasteiger partial charge in [0, 0.05) is 4.88 Å². The normalized spacial score (nSPS) is 11.9. The van der Waals surface area contributed by atoms with E-state index in [1.165, 1.54) is 11.3 Å². The molecule has 0 saturated heterocycles. The van der Waals surface area contributed by atoms with Crippen molar-refractivity contribution in [2.75, 3.05) is 0 Å². The number of hydrogen-bond acceptors (Lipinski definition) is 4. The lowest BCUT2D eigenvalue weighted by Crippen LogP contribution is -2.43. The van der Waals surface area contributed by atoms with E-state index >= 15 is 0 Å². The van der Waals surface area contributed by atoms with Crippen LogP contribution in [0.15, 0.2) is 6.07 Å². The van der Waals surface area contributed by atoms with Gasteiger partial charge >= 0.3 is 5.97 Å². The summed E-state index contributed by atoms with van der Waals surface area (Å²) in [6.07, 6.45) is 0.380. The average Bonchev–Trinajstić information content (AvgIpc) is 2.69. The number of nitrogens with two attached hydrogens (primary N) is 1. The Labute approximate surface area is 114 Å². The van der Waals surface area contributed by atoms with Crippen LogP contribution in [0.4, 0.5) is 0 Å². The van der Waals surface area contributed by atoms with Gasteiger partial charge in [-0.1, -0.05) is 6.92 Å². The van der Waals surface area contributed by atoms with E-state index < -0.39 is 30.2 Å². The van der Waals surface area contributed by atoms with Crippen molar-refractivity contribution >= 4 is 29.1 Å². The highest BCUT2D eigenvalue weighted by Crippen LogP contribution is 2.22. The third-order valence-electron chi connectivity index (χ3n) is 2.63. The summed E-state index contributed by atoms with van der Waals surface area (Å²) >= 11 is 1.30. The molecule has 0 fully saturated rings. The van der Waals surface area contributed by atoms with Crippen molar-refractivity contribution < 1.29 is 19.5 Å². The molecule has 104 valence electrons. The molecule has 6 nitrogen and oxygen atoms in total. The van der Waals surface area contributed by atoms with Crippen molar-refractivity contribution in [1.29, 1.82) is 0 Å². The Bertz CT molecular complexity index is 510. The predicted molar refractivity (Wildman–Crippen MR) is 71.1 cm³/mol. The number of carboxylic acid groups (broad SMARTS) is 1. The minimum atomic E-state index is -1.29. The molecule has 2 amide bonds. The van der Waals surface area contributed by atoms with E-state index in [1.54, 1.807) is 6.07 Å². The van der Waals surface area contributed by atoms with Gasteiger partial charge in [-0.05, 0) is 25.0 Å². The number of primary amides is 1. The molecule has 0 saturated carbocycles. The van der Waals surface area contributed by atoms with E-state index in [9.17, 15) is 14.4 Å². The molecule has 1 heterocycles. The maximum Gasteiger partial charge on any atom is 0.326 e. The van der Waals surface area contributed by atoms with Gasteiger partial charge in [-0.25, -0.2) is 4.79 Å². The number of carboxylic acids is 1. The van der Waals surface area contributed by atoms with E-state index in [0.717, 1.165) is 16.9 Å². The molecule has 0 aromatic carbocycles. The molecule has 1 aromatic heterocycles. The molecule has 7 heteroatoms. The molecule has 0 radical (unpaired) electrons. The predicted octanol–water partition coefficient (Wildman–Crippen LogP) is 0.677. The van der Waals surface area contributed by atoms with Crippen LogP contribution in [-0.2, 0) is 16.0 Å². The highest BCUT2D eigenvalue weighted by Gasteiger charge is 2.23. The molecule has 1 atom stereocenters. The topological polar surface area (TPSA) is 109 Å². The Morgan fingerprint density at radius 2 is 2.11 bits per heavy atom. The average molecular weight is 284 g/mol. The number of aryl methyl sites for hydroxylation is 2. The monoisotopic (exact) mass is 284 g/mol. The third kappa shape index (κ3) is 4.06. The summed E-state index contributed by atoms with van der Waals surface area (Å²) in [5, 5.41) is 11.2. The first-order valence-electron chi connectivity index (χ1n) is 5.76. The largest absolute Gasteiger partial charge is 0.480 e. The fraction of sp³-hybridized carbons (Fsp3) is 0.417. The summed E-state index contributed by atoms with van der Waals surface area (Å²) in [6, 6.07) is 0.441. The Kier molecular flexibility index (Phi) is 5.05. The second-order valence-electron chi connectivity index (χ2n) is 4.08. The van der Waals surface area contributed by atoms with Crippen LogP contribution in [0.5, 0.6) is 0 Å². The number of carbonyl (C=O) groups excluding carboxylic acids is 2. The first kappa shape index (κ1) is 15.2. The summed E-state index contributed by atoms with van der Waals surface area (Å²) in [5.74, 6) is -2.55. The van der Waals surface area contributed by atoms with Crippen molar-refractivity contribution in [3.05, 3.63) is 21.4 Å². The van der Waals surface area contributed by atoms with Crippen molar-refractivity contribution in [2.45, 2.75) is 32.7 Å². The van der Waals surface area contributed by atoms with E-state index in [1.807, 2.05) is 13.8 Å². The molecule has 0 aliphatic carbocycles. The Morgan fingerprint density at radius 1 is 1.47 bits per heavy atom. The van der Waals surface area contributed by atoms with Crippen LogP contribution in [0, 0.1) is 6.92 Å². The van der Waals surface area contributed by atoms with Gasteiger partial charge in [0.05, 0.1) is 11.3 Å². The Balaban J connectivity index is 2.81. The van der Waals surface area contributed by atoms with Crippen LogP contribution in [-0.4, -0.2) is 28.9 Å². The smallest absolute Gasteiger partial charge is 0.326 e. The zero-order valence-electron chi connectivity index (χ0n) is 10.7. The van der Waals surface area contributed by atoms with Crippen molar-refractivity contribution in [2.24, 2.45) is 5.73 Å². The molecule has 0 aliphatic rings. The van der Waals surface area contributed by atoms with E-state index in [2.05, 4.69) is 5.32 Å². The third-order valence-corrected chi connectivity index (χ3v) is 3.73. The lowest BCUT2D eigenvalue weighted by atomic mass is 10.2. The van der Waals surface area contributed by atoms with Crippen molar-refractivity contribution in [3.8, 4) is 0 Å². The number of rotatable bonds is 6. The molecule has 1 unspecified atom stereocenters. The summed E-state index contributed by atoms with van der Waals surface area (Å²) < 4.78 is 0. The van der Waals surface area contributed by atoms with Crippen LogP contribution >= 0.6 is 11.3 Å². The number of aliphatic carboxylic acids is 1. The summed E-state index contributed by atoms with van der Waals surface area (Å²) in [4.78, 5) is 35.0. The highest BCUT2D eigenvalue weighted by molar-refractivity contribution is 7.14. The zero-order valence-corrected chi connectivity index (χ0v) is 11.5. The molecular formula is C12H16N2O4S. The lowest BCUT2D eigenvalue weighted by molar-refractivity contribution is -0.140. The standard InChI is InChI=1S/C12H16N2O4S/c1-3-7-4-9(19-6(7)2)11(16)14-8(12(17)18)5-10(13)15/h4,8H,3,5H2,1-2H3,(H2,13,15)(H,14,16)(H,17,18). The minimum Gasteiger partial charge on any atom is -0.480 e. The Hall–Kier alpha value is -1.89. The van der Waals surface area contributed by atoms with Crippen molar-refractivity contribution in [1.82, 2.24) is 5.32 Å². The maximum atomic E-state index is 11.9. The highest BCUT2D eigenvalue weighted by atomic mass is 32.1. The quantitative estimate of drug-likeness (QED) is 0.713. The molecule has 19 heavy (non-hydrogen) atoms. The van der Waals surface area contributed by atoms with Gasteiger partial charge in [0.2, 0.25) is 5.91 Å². The Morgan fingerprint density at radius 3 is 2.53 bits per heavy atom. The summed E-state index contributed by atoms with van der Waals surface area (Å²) in [6.45, 7) is 3.88. The van der Waals surface area contributed by atoms with Crippen LogP contribution in [0.1, 0.15) is 33.5 Å². The number of carbonyl (C=O) groups is 3. The number of thiophene rings is 1.